The molecular weight excluding hydrogens is 182 g/mol. The van der Waals surface area contributed by atoms with Crippen LogP contribution >= 0.6 is 0 Å². The molecule has 1 nitrogen and oxygen atoms in total. The Morgan fingerprint density at radius 1 is 1.00 bits per heavy atom. The highest BCUT2D eigenvalue weighted by Crippen LogP contribution is 2.38. The van der Waals surface area contributed by atoms with Gasteiger partial charge in [0.2, 0.25) is 0 Å². The van der Waals surface area contributed by atoms with Crippen molar-refractivity contribution in [2.75, 3.05) is 13.1 Å². The molecule has 0 N–H and O–H groups in total. The van der Waals surface area contributed by atoms with Crippen molar-refractivity contribution in [1.82, 2.24) is 4.90 Å². The van der Waals surface area contributed by atoms with Gasteiger partial charge in [-0.05, 0) is 30.2 Å². The van der Waals surface area contributed by atoms with Crippen molar-refractivity contribution in [3.63, 3.8) is 0 Å². The van der Waals surface area contributed by atoms with Crippen molar-refractivity contribution in [3.05, 3.63) is 35.9 Å². The van der Waals surface area contributed by atoms with E-state index < -0.39 is 0 Å². The Morgan fingerprint density at radius 3 is 2.33 bits per heavy atom. The molecule has 2 atom stereocenters. The van der Waals surface area contributed by atoms with Crippen LogP contribution in [0, 0.1) is 11.8 Å². The van der Waals surface area contributed by atoms with E-state index in [0.29, 0.717) is 0 Å². The van der Waals surface area contributed by atoms with Crippen molar-refractivity contribution in [3.8, 4) is 0 Å². The molecule has 1 aromatic rings. The Balaban J connectivity index is 1.62. The van der Waals surface area contributed by atoms with E-state index in [1.165, 1.54) is 37.9 Å². The minimum atomic E-state index is 1.02. The zero-order chi connectivity index (χ0) is 10.1. The van der Waals surface area contributed by atoms with Gasteiger partial charge in [-0.1, -0.05) is 36.8 Å². The molecule has 1 heteroatoms. The minimum absolute atomic E-state index is 1.02. The van der Waals surface area contributed by atoms with Crippen LogP contribution in [0.1, 0.15) is 24.8 Å². The van der Waals surface area contributed by atoms with Crippen LogP contribution in [0.25, 0.3) is 0 Å². The molecular formula is C14H19N. The van der Waals surface area contributed by atoms with Crippen molar-refractivity contribution < 1.29 is 0 Å². The number of fused-ring (bicyclic) bond motifs is 1. The summed E-state index contributed by atoms with van der Waals surface area (Å²) >= 11 is 0. The average molecular weight is 201 g/mol. The summed E-state index contributed by atoms with van der Waals surface area (Å²) in [5.74, 6) is 2.04. The first-order valence-corrected chi connectivity index (χ1v) is 6.18. The fourth-order valence-corrected chi connectivity index (χ4v) is 3.30. The summed E-state index contributed by atoms with van der Waals surface area (Å²) in [6, 6.07) is 10.9. The van der Waals surface area contributed by atoms with E-state index in [1.807, 2.05) is 0 Å². The molecule has 2 fully saturated rings. The first kappa shape index (κ1) is 9.41. The number of benzene rings is 1. The lowest BCUT2D eigenvalue weighted by Gasteiger charge is -2.16. The molecule has 3 rings (SSSR count). The van der Waals surface area contributed by atoms with Gasteiger partial charge in [-0.3, -0.25) is 4.90 Å². The maximum absolute atomic E-state index is 2.64. The Bertz CT molecular complexity index is 307. The molecule has 0 amide bonds. The summed E-state index contributed by atoms with van der Waals surface area (Å²) in [7, 11) is 0. The SMILES string of the molecule is c1ccc(CN2CC3CCCC3C2)cc1. The summed E-state index contributed by atoms with van der Waals surface area (Å²) in [4.78, 5) is 2.64. The second-order valence-corrected chi connectivity index (χ2v) is 5.13. The van der Waals surface area contributed by atoms with Crippen LogP contribution in [0.3, 0.4) is 0 Å². The molecule has 1 heterocycles. The van der Waals surface area contributed by atoms with E-state index >= 15 is 0 Å². The van der Waals surface area contributed by atoms with Crippen molar-refractivity contribution in [2.45, 2.75) is 25.8 Å². The zero-order valence-corrected chi connectivity index (χ0v) is 9.23. The van der Waals surface area contributed by atoms with E-state index in [4.69, 9.17) is 0 Å². The molecule has 1 aliphatic carbocycles. The summed E-state index contributed by atoms with van der Waals surface area (Å²) in [5.41, 5.74) is 1.47. The van der Waals surface area contributed by atoms with Crippen molar-refractivity contribution >= 4 is 0 Å². The number of hydrogen-bond acceptors (Lipinski definition) is 1. The molecule has 1 aromatic carbocycles. The number of nitrogens with zero attached hydrogens (tertiary/aromatic N) is 1. The Labute approximate surface area is 92.1 Å². The van der Waals surface area contributed by atoms with Crippen LogP contribution in [0.4, 0.5) is 0 Å². The number of rotatable bonds is 2. The largest absolute Gasteiger partial charge is 0.299 e. The molecule has 15 heavy (non-hydrogen) atoms. The van der Waals surface area contributed by atoms with Gasteiger partial charge in [-0.2, -0.15) is 0 Å². The van der Waals surface area contributed by atoms with Gasteiger partial charge in [0.25, 0.3) is 0 Å². The molecule has 0 spiro atoms. The van der Waals surface area contributed by atoms with Gasteiger partial charge in [0.15, 0.2) is 0 Å². The molecule has 1 aliphatic heterocycles. The minimum Gasteiger partial charge on any atom is -0.299 e. The molecule has 0 radical (unpaired) electrons. The summed E-state index contributed by atoms with van der Waals surface area (Å²) in [6.07, 6.45) is 4.44. The van der Waals surface area contributed by atoms with Crippen LogP contribution in [0.15, 0.2) is 30.3 Å². The quantitative estimate of drug-likeness (QED) is 0.711. The molecule has 1 saturated carbocycles. The maximum atomic E-state index is 2.64. The lowest BCUT2D eigenvalue weighted by atomic mass is 10.0. The molecule has 1 saturated heterocycles. The molecule has 0 bridgehead atoms. The molecule has 2 unspecified atom stereocenters. The fraction of sp³-hybridized carbons (Fsp3) is 0.571. The highest BCUT2D eigenvalue weighted by atomic mass is 15.2. The lowest BCUT2D eigenvalue weighted by molar-refractivity contribution is 0.303. The average Bonchev–Trinajstić information content (AvgIpc) is 2.79. The molecule has 0 aromatic heterocycles. The Morgan fingerprint density at radius 2 is 1.67 bits per heavy atom. The normalized spacial score (nSPS) is 30.7. The summed E-state index contributed by atoms with van der Waals surface area (Å²) in [6.45, 7) is 3.85. The second kappa shape index (κ2) is 3.97. The Hall–Kier alpha value is -0.820. The monoisotopic (exact) mass is 201 g/mol. The van der Waals surface area contributed by atoms with E-state index in [1.54, 1.807) is 0 Å². The maximum Gasteiger partial charge on any atom is 0.0233 e. The van der Waals surface area contributed by atoms with Gasteiger partial charge in [0.05, 0.1) is 0 Å². The topological polar surface area (TPSA) is 3.24 Å². The number of hydrogen-bond donors (Lipinski definition) is 0. The highest BCUT2D eigenvalue weighted by molar-refractivity contribution is 5.14. The van der Waals surface area contributed by atoms with Crippen LogP contribution in [0.5, 0.6) is 0 Å². The van der Waals surface area contributed by atoms with Crippen LogP contribution in [0.2, 0.25) is 0 Å². The first-order valence-electron chi connectivity index (χ1n) is 6.18. The van der Waals surface area contributed by atoms with Gasteiger partial charge < -0.3 is 0 Å². The van der Waals surface area contributed by atoms with Gasteiger partial charge in [0, 0.05) is 19.6 Å². The van der Waals surface area contributed by atoms with E-state index in [-0.39, 0.29) is 0 Å². The summed E-state index contributed by atoms with van der Waals surface area (Å²) in [5, 5.41) is 0. The third-order valence-corrected chi connectivity index (χ3v) is 4.05. The van der Waals surface area contributed by atoms with Crippen LogP contribution in [-0.4, -0.2) is 18.0 Å². The highest BCUT2D eigenvalue weighted by Gasteiger charge is 2.35. The van der Waals surface area contributed by atoms with Crippen molar-refractivity contribution in [2.24, 2.45) is 11.8 Å². The smallest absolute Gasteiger partial charge is 0.0233 e. The van der Waals surface area contributed by atoms with E-state index in [9.17, 15) is 0 Å². The standard InChI is InChI=1S/C14H19N/c1-2-5-12(6-3-1)9-15-10-13-7-4-8-14(13)11-15/h1-3,5-6,13-14H,4,7-11H2. The van der Waals surface area contributed by atoms with Gasteiger partial charge in [-0.25, -0.2) is 0 Å². The Kier molecular flexibility index (Phi) is 2.49. The van der Waals surface area contributed by atoms with Crippen LogP contribution in [-0.2, 0) is 6.54 Å². The van der Waals surface area contributed by atoms with E-state index in [2.05, 4.69) is 35.2 Å². The third-order valence-electron chi connectivity index (χ3n) is 4.05. The predicted octanol–water partition coefficient (Wildman–Crippen LogP) is 2.92. The van der Waals surface area contributed by atoms with Gasteiger partial charge >= 0.3 is 0 Å². The van der Waals surface area contributed by atoms with Gasteiger partial charge in [0.1, 0.15) is 0 Å². The molecule has 2 aliphatic rings. The fourth-order valence-electron chi connectivity index (χ4n) is 3.30. The first-order chi connectivity index (χ1) is 7.42. The van der Waals surface area contributed by atoms with E-state index in [0.717, 1.165) is 18.4 Å². The van der Waals surface area contributed by atoms with Gasteiger partial charge in [-0.15, -0.1) is 0 Å². The molecule has 80 valence electrons. The van der Waals surface area contributed by atoms with Crippen molar-refractivity contribution in [1.29, 1.82) is 0 Å². The number of likely N-dealkylation sites (tertiary alicyclic amines) is 1. The predicted molar refractivity (Wildman–Crippen MR) is 62.6 cm³/mol. The second-order valence-electron chi connectivity index (χ2n) is 5.13. The lowest BCUT2D eigenvalue weighted by Crippen LogP contribution is -2.20. The summed E-state index contributed by atoms with van der Waals surface area (Å²) < 4.78 is 0. The third kappa shape index (κ3) is 1.93. The zero-order valence-electron chi connectivity index (χ0n) is 9.23. The van der Waals surface area contributed by atoms with Crippen LogP contribution < -0.4 is 0 Å².